The zero-order chi connectivity index (χ0) is 16.1. The average Bonchev–Trinajstić information content (AvgIpc) is 2.85. The van der Waals surface area contributed by atoms with E-state index in [1.54, 1.807) is 0 Å². The molecule has 1 aromatic carbocycles. The number of ether oxygens (including phenoxy) is 1. The van der Waals surface area contributed by atoms with Crippen LogP contribution in [0.15, 0.2) is 18.2 Å². The largest absolute Gasteiger partial charge is 0.491 e. The number of carbonyl (C=O) groups is 1. The van der Waals surface area contributed by atoms with Gasteiger partial charge in [0, 0.05) is 25.2 Å². The molecule has 0 saturated carbocycles. The van der Waals surface area contributed by atoms with Gasteiger partial charge in [-0.25, -0.2) is 4.39 Å². The second kappa shape index (κ2) is 7.53. The Morgan fingerprint density at radius 3 is 3.00 bits per heavy atom. The van der Waals surface area contributed by atoms with Crippen LogP contribution in [0.2, 0.25) is 0 Å². The lowest BCUT2D eigenvalue weighted by molar-refractivity contribution is 0.0933. The highest BCUT2D eigenvalue weighted by Gasteiger charge is 2.30. The Bertz CT molecular complexity index is 527. The highest BCUT2D eigenvalue weighted by atomic mass is 19.1. The van der Waals surface area contributed by atoms with Crippen molar-refractivity contribution in [2.45, 2.75) is 18.5 Å². The highest BCUT2D eigenvalue weighted by Crippen LogP contribution is 2.21. The number of hydrogen-bond acceptors (Lipinski definition) is 5. The number of likely N-dealkylation sites (tertiary alicyclic amines) is 1. The molecule has 2 rings (SSSR count). The van der Waals surface area contributed by atoms with Crippen LogP contribution in [-0.2, 0) is 0 Å². The van der Waals surface area contributed by atoms with Crippen molar-refractivity contribution in [3.05, 3.63) is 29.6 Å². The van der Waals surface area contributed by atoms with Gasteiger partial charge in [-0.1, -0.05) is 0 Å². The minimum Gasteiger partial charge on any atom is -0.491 e. The van der Waals surface area contributed by atoms with Crippen LogP contribution in [0.1, 0.15) is 16.8 Å². The number of rotatable bonds is 6. The van der Waals surface area contributed by atoms with Crippen LogP contribution in [0.4, 0.5) is 4.39 Å². The molecule has 0 aliphatic carbocycles. The Hall–Kier alpha value is -1.70. The lowest BCUT2D eigenvalue weighted by Gasteiger charge is -2.15. The van der Waals surface area contributed by atoms with Gasteiger partial charge in [0.15, 0.2) is 0 Å². The minimum absolute atomic E-state index is 0.0331. The molecule has 4 N–H and O–H groups in total. The maximum Gasteiger partial charge on any atom is 0.255 e. The molecule has 122 valence electrons. The van der Waals surface area contributed by atoms with E-state index < -0.39 is 5.82 Å². The molecule has 1 fully saturated rings. The van der Waals surface area contributed by atoms with Crippen LogP contribution < -0.4 is 15.8 Å². The molecule has 1 aliphatic rings. The van der Waals surface area contributed by atoms with Gasteiger partial charge in [-0.15, -0.1) is 0 Å². The van der Waals surface area contributed by atoms with E-state index in [0.717, 1.165) is 6.07 Å². The lowest BCUT2D eigenvalue weighted by atomic mass is 10.1. The van der Waals surface area contributed by atoms with E-state index in [-0.39, 0.29) is 36.8 Å². The van der Waals surface area contributed by atoms with Crippen LogP contribution >= 0.6 is 0 Å². The fraction of sp³-hybridized carbons (Fsp3) is 0.533. The molecule has 22 heavy (non-hydrogen) atoms. The summed E-state index contributed by atoms with van der Waals surface area (Å²) in [5.74, 6) is -0.569. The third kappa shape index (κ3) is 3.94. The van der Waals surface area contributed by atoms with Crippen molar-refractivity contribution in [2.75, 3.05) is 33.4 Å². The molecule has 0 bridgehead atoms. The zero-order valence-electron chi connectivity index (χ0n) is 12.6. The molecule has 6 nitrogen and oxygen atoms in total. The first-order valence-electron chi connectivity index (χ1n) is 7.29. The molecule has 1 heterocycles. The Kier molecular flexibility index (Phi) is 5.70. The van der Waals surface area contributed by atoms with Crippen molar-refractivity contribution in [3.8, 4) is 5.75 Å². The van der Waals surface area contributed by atoms with Gasteiger partial charge in [-0.2, -0.15) is 0 Å². The zero-order valence-corrected chi connectivity index (χ0v) is 12.6. The number of halogens is 1. The summed E-state index contributed by atoms with van der Waals surface area (Å²) in [5, 5.41) is 12.1. The Morgan fingerprint density at radius 1 is 1.59 bits per heavy atom. The van der Waals surface area contributed by atoms with Gasteiger partial charge in [-0.3, -0.25) is 9.69 Å². The van der Waals surface area contributed by atoms with E-state index in [1.165, 1.54) is 12.1 Å². The summed E-state index contributed by atoms with van der Waals surface area (Å²) in [6.45, 7) is 1.26. The first kappa shape index (κ1) is 16.7. The van der Waals surface area contributed by atoms with Gasteiger partial charge in [0.2, 0.25) is 0 Å². The molecular weight excluding hydrogens is 289 g/mol. The molecule has 1 aliphatic heterocycles. The predicted octanol–water partition coefficient (Wildman–Crippen LogP) is -0.0420. The summed E-state index contributed by atoms with van der Waals surface area (Å²) in [4.78, 5) is 14.4. The number of amides is 1. The Labute approximate surface area is 129 Å². The standard InChI is InChI=1S/C15H22FN3O3/c1-19-8-11(7-12(19)9-20)18-15(21)13-6-10(16)2-3-14(13)22-5-4-17/h2-3,6,11-12,20H,4-5,7-9,17H2,1H3,(H,18,21)/t11-,12+/m1/s1. The summed E-state index contributed by atoms with van der Waals surface area (Å²) in [6, 6.07) is 3.78. The van der Waals surface area contributed by atoms with E-state index in [1.807, 2.05) is 11.9 Å². The monoisotopic (exact) mass is 311 g/mol. The Balaban J connectivity index is 2.07. The number of carbonyl (C=O) groups excluding carboxylic acids is 1. The molecule has 0 unspecified atom stereocenters. The van der Waals surface area contributed by atoms with Crippen LogP contribution in [0.3, 0.4) is 0 Å². The highest BCUT2D eigenvalue weighted by molar-refractivity contribution is 5.97. The van der Waals surface area contributed by atoms with E-state index in [0.29, 0.717) is 25.3 Å². The van der Waals surface area contributed by atoms with Crippen LogP contribution in [-0.4, -0.2) is 61.3 Å². The maximum absolute atomic E-state index is 13.4. The van der Waals surface area contributed by atoms with Crippen molar-refractivity contribution in [1.82, 2.24) is 10.2 Å². The normalized spacial score (nSPS) is 21.8. The quantitative estimate of drug-likeness (QED) is 0.686. The van der Waals surface area contributed by atoms with Crippen LogP contribution in [0.5, 0.6) is 5.75 Å². The van der Waals surface area contributed by atoms with Gasteiger partial charge < -0.3 is 20.9 Å². The number of aliphatic hydroxyl groups excluding tert-OH is 1. The fourth-order valence-corrected chi connectivity index (χ4v) is 2.64. The number of nitrogens with zero attached hydrogens (tertiary/aromatic N) is 1. The fourth-order valence-electron chi connectivity index (χ4n) is 2.64. The first-order chi connectivity index (χ1) is 10.5. The molecule has 0 aromatic heterocycles. The van der Waals surface area contributed by atoms with Gasteiger partial charge in [0.25, 0.3) is 5.91 Å². The molecular formula is C15H22FN3O3. The number of aliphatic hydroxyl groups is 1. The summed E-state index contributed by atoms with van der Waals surface area (Å²) in [7, 11) is 1.89. The number of benzene rings is 1. The number of nitrogens with two attached hydrogens (primary N) is 1. The molecule has 1 aromatic rings. The SMILES string of the molecule is CN1C[C@H](NC(=O)c2cc(F)ccc2OCCN)C[C@H]1CO. The smallest absolute Gasteiger partial charge is 0.255 e. The summed E-state index contributed by atoms with van der Waals surface area (Å²) < 4.78 is 18.8. The van der Waals surface area contributed by atoms with E-state index in [9.17, 15) is 14.3 Å². The van der Waals surface area contributed by atoms with Crippen molar-refractivity contribution >= 4 is 5.91 Å². The molecule has 1 amide bonds. The summed E-state index contributed by atoms with van der Waals surface area (Å²) in [6.07, 6.45) is 0.660. The second-order valence-electron chi connectivity index (χ2n) is 5.46. The summed E-state index contributed by atoms with van der Waals surface area (Å²) in [5.41, 5.74) is 5.54. The van der Waals surface area contributed by atoms with Crippen LogP contribution in [0.25, 0.3) is 0 Å². The Morgan fingerprint density at radius 2 is 2.36 bits per heavy atom. The lowest BCUT2D eigenvalue weighted by Crippen LogP contribution is -2.36. The second-order valence-corrected chi connectivity index (χ2v) is 5.46. The molecule has 0 spiro atoms. The number of nitrogens with one attached hydrogen (secondary N) is 1. The van der Waals surface area contributed by atoms with Crippen molar-refractivity contribution in [2.24, 2.45) is 5.73 Å². The van der Waals surface area contributed by atoms with Crippen molar-refractivity contribution in [3.63, 3.8) is 0 Å². The van der Waals surface area contributed by atoms with Crippen molar-refractivity contribution < 1.29 is 19.0 Å². The minimum atomic E-state index is -0.498. The van der Waals surface area contributed by atoms with Gasteiger partial charge in [0.1, 0.15) is 18.2 Å². The van der Waals surface area contributed by atoms with E-state index >= 15 is 0 Å². The maximum atomic E-state index is 13.4. The first-order valence-corrected chi connectivity index (χ1v) is 7.29. The van der Waals surface area contributed by atoms with Gasteiger partial charge in [0.05, 0.1) is 12.2 Å². The third-order valence-electron chi connectivity index (χ3n) is 3.80. The van der Waals surface area contributed by atoms with Gasteiger partial charge in [-0.05, 0) is 31.7 Å². The molecule has 0 radical (unpaired) electrons. The van der Waals surface area contributed by atoms with Crippen molar-refractivity contribution in [1.29, 1.82) is 0 Å². The summed E-state index contributed by atoms with van der Waals surface area (Å²) >= 11 is 0. The number of hydrogen-bond donors (Lipinski definition) is 3. The number of likely N-dealkylation sites (N-methyl/N-ethyl adjacent to an activating group) is 1. The average molecular weight is 311 g/mol. The van der Waals surface area contributed by atoms with Gasteiger partial charge >= 0.3 is 0 Å². The molecule has 2 atom stereocenters. The predicted molar refractivity (Wildman–Crippen MR) is 80.3 cm³/mol. The topological polar surface area (TPSA) is 87.8 Å². The molecule has 1 saturated heterocycles. The molecule has 7 heteroatoms. The van der Waals surface area contributed by atoms with Crippen LogP contribution in [0, 0.1) is 5.82 Å². The van der Waals surface area contributed by atoms with E-state index in [4.69, 9.17) is 10.5 Å². The third-order valence-corrected chi connectivity index (χ3v) is 3.80. The van der Waals surface area contributed by atoms with E-state index in [2.05, 4.69) is 5.32 Å².